The first kappa shape index (κ1) is 6.54. The van der Waals surface area contributed by atoms with E-state index in [0.717, 1.165) is 0 Å². The zero-order chi connectivity index (χ0) is 7.56. The Morgan fingerprint density at radius 2 is 2.10 bits per heavy atom. The molecule has 1 aromatic rings. The lowest BCUT2D eigenvalue weighted by molar-refractivity contribution is 1.03. The lowest BCUT2D eigenvalue weighted by Gasteiger charge is -1.87. The molecule has 10 heavy (non-hydrogen) atoms. The van der Waals surface area contributed by atoms with Crippen LogP contribution in [0.15, 0.2) is 22.2 Å². The number of nitrogens with one attached hydrogen (secondary N) is 2. The summed E-state index contributed by atoms with van der Waals surface area (Å²) in [7, 11) is 0. The van der Waals surface area contributed by atoms with Gasteiger partial charge < -0.3 is 4.98 Å². The van der Waals surface area contributed by atoms with Crippen LogP contribution >= 0.6 is 0 Å². The Balaban J connectivity index is 3.46. The molecule has 1 rings (SSSR count). The van der Waals surface area contributed by atoms with E-state index < -0.39 is 11.2 Å². The zero-order valence-electron chi connectivity index (χ0n) is 5.18. The maximum atomic E-state index is 10.5. The van der Waals surface area contributed by atoms with Crippen molar-refractivity contribution in [1.29, 1.82) is 0 Å². The maximum absolute atomic E-state index is 10.5. The topological polar surface area (TPSA) is 65.7 Å². The molecule has 0 saturated heterocycles. The molecule has 52 valence electrons. The molecule has 0 fully saturated rings. The molecule has 0 aliphatic heterocycles. The molecule has 4 heteroatoms. The van der Waals surface area contributed by atoms with Gasteiger partial charge in [0.1, 0.15) is 0 Å². The molecular formula is C6H6N2O2. The van der Waals surface area contributed by atoms with Crippen molar-refractivity contribution in [2.45, 2.75) is 0 Å². The van der Waals surface area contributed by atoms with E-state index in [0.29, 0.717) is 5.69 Å². The van der Waals surface area contributed by atoms with Gasteiger partial charge in [-0.15, -0.1) is 0 Å². The fourth-order valence-electron chi connectivity index (χ4n) is 0.598. The van der Waals surface area contributed by atoms with Gasteiger partial charge in [-0.1, -0.05) is 6.58 Å². The molecule has 0 unspecified atom stereocenters. The summed E-state index contributed by atoms with van der Waals surface area (Å²) in [5.41, 5.74) is -0.505. The van der Waals surface area contributed by atoms with Crippen LogP contribution < -0.4 is 11.2 Å². The number of H-pyrrole nitrogens is 2. The van der Waals surface area contributed by atoms with Gasteiger partial charge in [0.05, 0.1) is 0 Å². The lowest BCUT2D eigenvalue weighted by atomic mass is 10.4. The highest BCUT2D eigenvalue weighted by atomic mass is 16.2. The second-order valence-electron chi connectivity index (χ2n) is 1.75. The molecule has 1 aromatic heterocycles. The fourth-order valence-corrected chi connectivity index (χ4v) is 0.598. The molecule has 0 atom stereocenters. The molecule has 0 bridgehead atoms. The second kappa shape index (κ2) is 2.34. The number of aromatic amines is 2. The molecule has 0 aliphatic rings. The van der Waals surface area contributed by atoms with Crippen molar-refractivity contribution in [2.24, 2.45) is 0 Å². The van der Waals surface area contributed by atoms with Gasteiger partial charge >= 0.3 is 5.69 Å². The minimum absolute atomic E-state index is 0.418. The number of aromatic nitrogens is 2. The summed E-state index contributed by atoms with van der Waals surface area (Å²) in [5.74, 6) is 0. The van der Waals surface area contributed by atoms with Crippen LogP contribution in [0, 0.1) is 0 Å². The summed E-state index contributed by atoms with van der Waals surface area (Å²) in [4.78, 5) is 25.5. The smallest absolute Gasteiger partial charge is 0.307 e. The van der Waals surface area contributed by atoms with Crippen LogP contribution in [0.25, 0.3) is 6.08 Å². The Hall–Kier alpha value is -1.58. The Bertz CT molecular complexity index is 319. The SMILES string of the molecule is C=Cc1cc(=O)[nH]c(=O)[nH]1. The normalized spacial score (nSPS) is 9.20. The van der Waals surface area contributed by atoms with Crippen molar-refractivity contribution in [2.75, 3.05) is 0 Å². The average Bonchev–Trinajstić information content (AvgIpc) is 1.85. The number of hydrogen-bond acceptors (Lipinski definition) is 2. The van der Waals surface area contributed by atoms with Crippen LogP contribution in [0.4, 0.5) is 0 Å². The molecule has 1 heterocycles. The van der Waals surface area contributed by atoms with Gasteiger partial charge in [-0.2, -0.15) is 0 Å². The molecule has 0 saturated carbocycles. The second-order valence-corrected chi connectivity index (χ2v) is 1.75. The lowest BCUT2D eigenvalue weighted by Crippen LogP contribution is -2.21. The van der Waals surface area contributed by atoms with Crippen molar-refractivity contribution in [3.8, 4) is 0 Å². The summed E-state index contributed by atoms with van der Waals surface area (Å²) in [6.45, 7) is 3.39. The minimum atomic E-state index is -0.512. The first-order chi connectivity index (χ1) is 4.72. The van der Waals surface area contributed by atoms with Crippen LogP contribution in [-0.4, -0.2) is 9.97 Å². The standard InChI is InChI=1S/C6H6N2O2/c1-2-4-3-5(9)8-6(10)7-4/h2-3H,1H2,(H2,7,8,9,10). The van der Waals surface area contributed by atoms with E-state index in [1.807, 2.05) is 4.98 Å². The first-order valence-corrected chi connectivity index (χ1v) is 2.68. The molecule has 0 spiro atoms. The first-order valence-electron chi connectivity index (χ1n) is 2.68. The molecule has 0 aliphatic carbocycles. The van der Waals surface area contributed by atoms with Crippen LogP contribution in [-0.2, 0) is 0 Å². The number of rotatable bonds is 1. The minimum Gasteiger partial charge on any atom is -0.307 e. The summed E-state index contributed by atoms with van der Waals surface area (Å²) < 4.78 is 0. The number of hydrogen-bond donors (Lipinski definition) is 2. The molecule has 0 aromatic carbocycles. The Kier molecular flexibility index (Phi) is 1.53. The monoisotopic (exact) mass is 138 g/mol. The van der Waals surface area contributed by atoms with Crippen molar-refractivity contribution < 1.29 is 0 Å². The van der Waals surface area contributed by atoms with E-state index in [1.54, 1.807) is 0 Å². The fraction of sp³-hybridized carbons (Fsp3) is 0. The third kappa shape index (κ3) is 1.22. The van der Waals surface area contributed by atoms with Crippen LogP contribution in [0.2, 0.25) is 0 Å². The van der Waals surface area contributed by atoms with Gasteiger partial charge in [0.15, 0.2) is 0 Å². The quantitative estimate of drug-likeness (QED) is 0.559. The van der Waals surface area contributed by atoms with E-state index in [1.165, 1.54) is 12.1 Å². The van der Waals surface area contributed by atoms with Crippen LogP contribution in [0.3, 0.4) is 0 Å². The molecule has 0 amide bonds. The van der Waals surface area contributed by atoms with Gasteiger partial charge in [0, 0.05) is 11.8 Å². The van der Waals surface area contributed by atoms with Gasteiger partial charge in [-0.25, -0.2) is 4.79 Å². The molecule has 4 nitrogen and oxygen atoms in total. The van der Waals surface area contributed by atoms with Gasteiger partial charge in [0.2, 0.25) is 0 Å². The Morgan fingerprint density at radius 1 is 1.40 bits per heavy atom. The third-order valence-electron chi connectivity index (χ3n) is 1.00. The van der Waals surface area contributed by atoms with Gasteiger partial charge in [-0.05, 0) is 6.08 Å². The van der Waals surface area contributed by atoms with Crippen LogP contribution in [0.1, 0.15) is 5.69 Å². The van der Waals surface area contributed by atoms with Crippen molar-refractivity contribution >= 4 is 6.08 Å². The molecular weight excluding hydrogens is 132 g/mol. The molecule has 0 radical (unpaired) electrons. The van der Waals surface area contributed by atoms with Crippen molar-refractivity contribution in [3.63, 3.8) is 0 Å². The predicted molar refractivity (Wildman–Crippen MR) is 37.8 cm³/mol. The highest BCUT2D eigenvalue weighted by molar-refractivity contribution is 5.39. The highest BCUT2D eigenvalue weighted by Crippen LogP contribution is 1.83. The van der Waals surface area contributed by atoms with Gasteiger partial charge in [0.25, 0.3) is 5.56 Å². The van der Waals surface area contributed by atoms with Gasteiger partial charge in [-0.3, -0.25) is 9.78 Å². The van der Waals surface area contributed by atoms with Crippen molar-refractivity contribution in [3.05, 3.63) is 39.2 Å². The van der Waals surface area contributed by atoms with E-state index in [2.05, 4.69) is 11.6 Å². The average molecular weight is 138 g/mol. The van der Waals surface area contributed by atoms with Crippen molar-refractivity contribution in [1.82, 2.24) is 9.97 Å². The Morgan fingerprint density at radius 3 is 2.60 bits per heavy atom. The predicted octanol–water partition coefficient (Wildman–Crippen LogP) is -0.294. The Labute approximate surface area is 56.2 Å². The summed E-state index contributed by atoms with van der Waals surface area (Å²) in [5, 5.41) is 0. The van der Waals surface area contributed by atoms with E-state index in [4.69, 9.17) is 0 Å². The molecule has 2 N–H and O–H groups in total. The van der Waals surface area contributed by atoms with E-state index in [9.17, 15) is 9.59 Å². The largest absolute Gasteiger partial charge is 0.326 e. The third-order valence-corrected chi connectivity index (χ3v) is 1.00. The summed E-state index contributed by atoms with van der Waals surface area (Å²) >= 11 is 0. The summed E-state index contributed by atoms with van der Waals surface area (Å²) in [6.07, 6.45) is 1.40. The van der Waals surface area contributed by atoms with E-state index in [-0.39, 0.29) is 0 Å². The van der Waals surface area contributed by atoms with E-state index >= 15 is 0 Å². The zero-order valence-corrected chi connectivity index (χ0v) is 5.18. The van der Waals surface area contributed by atoms with Crippen LogP contribution in [0.5, 0.6) is 0 Å². The summed E-state index contributed by atoms with van der Waals surface area (Å²) in [6, 6.07) is 1.26. The maximum Gasteiger partial charge on any atom is 0.326 e. The highest BCUT2D eigenvalue weighted by Gasteiger charge is 1.88.